The molecule has 0 atom stereocenters. The van der Waals surface area contributed by atoms with Crippen molar-refractivity contribution in [1.82, 2.24) is 9.97 Å². The summed E-state index contributed by atoms with van der Waals surface area (Å²) in [5.41, 5.74) is 8.27. The van der Waals surface area contributed by atoms with E-state index in [2.05, 4.69) is 69.3 Å². The van der Waals surface area contributed by atoms with Crippen molar-refractivity contribution in [2.45, 2.75) is 40.0 Å². The van der Waals surface area contributed by atoms with Crippen LogP contribution in [0.25, 0.3) is 33.2 Å². The number of para-hydroxylation sites is 1. The van der Waals surface area contributed by atoms with Gasteiger partial charge in [-0.05, 0) is 54.2 Å². The number of hydrogen-bond acceptors (Lipinski definition) is 2. The quantitative estimate of drug-likeness (QED) is 0.446. The van der Waals surface area contributed by atoms with Gasteiger partial charge in [0.15, 0.2) is 0 Å². The van der Waals surface area contributed by atoms with Crippen molar-refractivity contribution in [1.29, 1.82) is 0 Å². The van der Waals surface area contributed by atoms with Crippen molar-refractivity contribution in [2.24, 2.45) is 0 Å². The molecule has 0 saturated heterocycles. The molecule has 0 N–H and O–H groups in total. The molecule has 0 aliphatic rings. The fourth-order valence-corrected chi connectivity index (χ4v) is 3.99. The topological polar surface area (TPSA) is 25.8 Å². The van der Waals surface area contributed by atoms with Crippen molar-refractivity contribution in [3.8, 4) is 11.4 Å². The minimum atomic E-state index is 0.966. The average Bonchev–Trinajstić information content (AvgIpc) is 2.71. The zero-order chi connectivity index (χ0) is 18.1. The van der Waals surface area contributed by atoms with Gasteiger partial charge in [-0.25, -0.2) is 9.97 Å². The zero-order valence-corrected chi connectivity index (χ0v) is 15.7. The first-order valence-electron chi connectivity index (χ1n) is 9.56. The van der Waals surface area contributed by atoms with Gasteiger partial charge in [-0.1, -0.05) is 57.2 Å². The van der Waals surface area contributed by atoms with Crippen LogP contribution in [0.1, 0.15) is 37.5 Å². The largest absolute Gasteiger partial charge is 0.246 e. The Bertz CT molecular complexity index is 1100. The third-order valence-corrected chi connectivity index (χ3v) is 5.24. The fraction of sp³-hybridized carbons (Fsp3) is 0.250. The van der Waals surface area contributed by atoms with Crippen LogP contribution in [-0.2, 0) is 19.3 Å². The van der Waals surface area contributed by atoms with E-state index in [4.69, 9.17) is 9.97 Å². The number of fused-ring (bicyclic) bond motifs is 2. The van der Waals surface area contributed by atoms with E-state index in [1.807, 2.05) is 6.07 Å². The molecule has 0 aliphatic heterocycles. The first-order chi connectivity index (χ1) is 12.8. The van der Waals surface area contributed by atoms with Gasteiger partial charge >= 0.3 is 0 Å². The van der Waals surface area contributed by atoms with E-state index in [0.29, 0.717) is 0 Å². The molecule has 2 heteroatoms. The van der Waals surface area contributed by atoms with Crippen LogP contribution < -0.4 is 0 Å². The van der Waals surface area contributed by atoms with Gasteiger partial charge in [0.1, 0.15) is 0 Å². The molecule has 2 nitrogen and oxygen atoms in total. The molecule has 0 radical (unpaired) electrons. The summed E-state index contributed by atoms with van der Waals surface area (Å²) in [6.45, 7) is 6.69. The fourth-order valence-electron chi connectivity index (χ4n) is 3.99. The lowest BCUT2D eigenvalue weighted by Gasteiger charge is -2.17. The molecule has 2 aromatic carbocycles. The summed E-state index contributed by atoms with van der Waals surface area (Å²) in [4.78, 5) is 9.99. The summed E-state index contributed by atoms with van der Waals surface area (Å²) in [5.74, 6) is 0. The molecule has 130 valence electrons. The number of hydrogen-bond donors (Lipinski definition) is 0. The normalized spacial score (nSPS) is 11.3. The minimum Gasteiger partial charge on any atom is -0.246 e. The molecule has 2 heterocycles. The van der Waals surface area contributed by atoms with E-state index < -0.39 is 0 Å². The molecule has 0 fully saturated rings. The maximum atomic E-state index is 5.08. The molecule has 0 saturated carbocycles. The lowest BCUT2D eigenvalue weighted by molar-refractivity contribution is 1.03. The molecular weight excluding hydrogens is 316 g/mol. The number of rotatable bonds is 4. The molecule has 0 bridgehead atoms. The number of pyridine rings is 2. The molecular formula is C24H24N2. The summed E-state index contributed by atoms with van der Waals surface area (Å²) in [7, 11) is 0. The summed E-state index contributed by atoms with van der Waals surface area (Å²) in [6, 6.07) is 19.0. The van der Waals surface area contributed by atoms with Crippen molar-refractivity contribution < 1.29 is 0 Å². The Kier molecular flexibility index (Phi) is 4.42. The van der Waals surface area contributed by atoms with Crippen molar-refractivity contribution >= 4 is 21.8 Å². The van der Waals surface area contributed by atoms with E-state index in [9.17, 15) is 0 Å². The first-order valence-corrected chi connectivity index (χ1v) is 9.56. The van der Waals surface area contributed by atoms with E-state index in [1.54, 1.807) is 0 Å². The highest BCUT2D eigenvalue weighted by Gasteiger charge is 2.17. The van der Waals surface area contributed by atoms with Gasteiger partial charge in [-0.2, -0.15) is 0 Å². The maximum absolute atomic E-state index is 5.08. The Balaban J connectivity index is 2.05. The van der Waals surface area contributed by atoms with Crippen LogP contribution in [0, 0.1) is 0 Å². The zero-order valence-electron chi connectivity index (χ0n) is 15.7. The van der Waals surface area contributed by atoms with Crippen LogP contribution in [0.3, 0.4) is 0 Å². The maximum Gasteiger partial charge on any atom is 0.0928 e. The second-order valence-corrected chi connectivity index (χ2v) is 6.68. The predicted octanol–water partition coefficient (Wildman–Crippen LogP) is 6.14. The monoisotopic (exact) mass is 340 g/mol. The molecule has 4 rings (SSSR count). The van der Waals surface area contributed by atoms with Gasteiger partial charge in [0.2, 0.25) is 0 Å². The molecule has 26 heavy (non-hydrogen) atoms. The van der Waals surface area contributed by atoms with Crippen LogP contribution in [-0.4, -0.2) is 9.97 Å². The Hall–Kier alpha value is -2.74. The standard InChI is InChI=1S/C24H24N2/c1-4-16-11-9-13-21-23(16)18(5-2)19(6-3)24(26-21)22-15-14-17-10-7-8-12-20(17)25-22/h7-15H,4-6H2,1-3H3. The SMILES string of the molecule is CCc1c(-c2ccc3ccccc3n2)nc2cccc(CC)c2c1CC. The summed E-state index contributed by atoms with van der Waals surface area (Å²) in [5, 5.41) is 2.51. The Morgan fingerprint density at radius 1 is 0.654 bits per heavy atom. The molecule has 0 unspecified atom stereocenters. The van der Waals surface area contributed by atoms with E-state index in [0.717, 1.165) is 41.7 Å². The number of nitrogens with zero attached hydrogens (tertiary/aromatic N) is 2. The van der Waals surface area contributed by atoms with Crippen molar-refractivity contribution in [3.63, 3.8) is 0 Å². The number of aryl methyl sites for hydroxylation is 2. The highest BCUT2D eigenvalue weighted by Crippen LogP contribution is 2.33. The second-order valence-electron chi connectivity index (χ2n) is 6.68. The highest BCUT2D eigenvalue weighted by atomic mass is 14.8. The summed E-state index contributed by atoms with van der Waals surface area (Å²) < 4.78 is 0. The summed E-state index contributed by atoms with van der Waals surface area (Å²) in [6.07, 6.45) is 3.01. The number of benzene rings is 2. The van der Waals surface area contributed by atoms with Crippen LogP contribution in [0.2, 0.25) is 0 Å². The number of aromatic nitrogens is 2. The van der Waals surface area contributed by atoms with Gasteiger partial charge in [-0.15, -0.1) is 0 Å². The highest BCUT2D eigenvalue weighted by molar-refractivity contribution is 5.90. The lowest BCUT2D eigenvalue weighted by atomic mass is 9.92. The van der Waals surface area contributed by atoms with Crippen LogP contribution in [0.4, 0.5) is 0 Å². The second kappa shape index (κ2) is 6.87. The van der Waals surface area contributed by atoms with Gasteiger partial charge in [0, 0.05) is 10.8 Å². The summed E-state index contributed by atoms with van der Waals surface area (Å²) >= 11 is 0. The Labute approximate surface area is 154 Å². The third-order valence-electron chi connectivity index (χ3n) is 5.24. The average molecular weight is 340 g/mol. The Morgan fingerprint density at radius 3 is 2.19 bits per heavy atom. The smallest absolute Gasteiger partial charge is 0.0928 e. The van der Waals surface area contributed by atoms with Crippen molar-refractivity contribution in [3.05, 3.63) is 71.3 Å². The van der Waals surface area contributed by atoms with Crippen LogP contribution >= 0.6 is 0 Å². The molecule has 0 spiro atoms. The van der Waals surface area contributed by atoms with E-state index >= 15 is 0 Å². The van der Waals surface area contributed by atoms with Crippen LogP contribution in [0.15, 0.2) is 54.6 Å². The molecule has 0 amide bonds. The van der Waals surface area contributed by atoms with Crippen molar-refractivity contribution in [2.75, 3.05) is 0 Å². The minimum absolute atomic E-state index is 0.966. The molecule has 0 aliphatic carbocycles. The predicted molar refractivity (Wildman–Crippen MR) is 111 cm³/mol. The van der Waals surface area contributed by atoms with Gasteiger partial charge in [0.25, 0.3) is 0 Å². The third kappa shape index (κ3) is 2.66. The van der Waals surface area contributed by atoms with Crippen LogP contribution in [0.5, 0.6) is 0 Å². The van der Waals surface area contributed by atoms with E-state index in [-0.39, 0.29) is 0 Å². The van der Waals surface area contributed by atoms with Gasteiger partial charge in [-0.3, -0.25) is 0 Å². The first kappa shape index (κ1) is 16.7. The van der Waals surface area contributed by atoms with Gasteiger partial charge < -0.3 is 0 Å². The lowest BCUT2D eigenvalue weighted by Crippen LogP contribution is -2.03. The van der Waals surface area contributed by atoms with E-state index in [1.165, 1.54) is 27.5 Å². The Morgan fingerprint density at radius 2 is 1.42 bits per heavy atom. The van der Waals surface area contributed by atoms with Gasteiger partial charge in [0.05, 0.1) is 22.4 Å². The molecule has 2 aromatic heterocycles. The molecule has 4 aromatic rings.